The monoisotopic (exact) mass is 403 g/mol. The molecule has 1 atom stereocenters. The Kier molecular flexibility index (Phi) is 4.92. The Morgan fingerprint density at radius 2 is 2.20 bits per heavy atom. The Balaban J connectivity index is 2.06. The van der Waals surface area contributed by atoms with E-state index in [0.717, 1.165) is 11.3 Å². The molecule has 0 spiro atoms. The fourth-order valence-electron chi connectivity index (χ4n) is 2.00. The van der Waals surface area contributed by atoms with Gasteiger partial charge >= 0.3 is 0 Å². The molecule has 1 aliphatic rings. The van der Waals surface area contributed by atoms with E-state index in [2.05, 4.69) is 20.7 Å². The second kappa shape index (κ2) is 6.01. The van der Waals surface area contributed by atoms with E-state index in [1.807, 2.05) is 0 Å². The highest BCUT2D eigenvalue weighted by Gasteiger charge is 2.29. The van der Waals surface area contributed by atoms with Crippen molar-refractivity contribution in [2.45, 2.75) is 17.9 Å². The molecule has 0 radical (unpaired) electrons. The van der Waals surface area contributed by atoms with Crippen molar-refractivity contribution in [3.63, 3.8) is 0 Å². The van der Waals surface area contributed by atoms with Gasteiger partial charge in [0.15, 0.2) is 9.84 Å². The smallest absolute Gasteiger partial charge is 0.242 e. The summed E-state index contributed by atoms with van der Waals surface area (Å²) in [4.78, 5) is 0.619. The lowest BCUT2D eigenvalue weighted by Gasteiger charge is -2.09. The van der Waals surface area contributed by atoms with Crippen LogP contribution < -0.4 is 4.72 Å². The molecule has 0 amide bonds. The number of nitrogens with one attached hydrogen (secondary N) is 1. The highest BCUT2D eigenvalue weighted by molar-refractivity contribution is 9.11. The van der Waals surface area contributed by atoms with Crippen LogP contribution in [0.3, 0.4) is 0 Å². The quantitative estimate of drug-likeness (QED) is 0.753. The van der Waals surface area contributed by atoms with Gasteiger partial charge in [0.05, 0.1) is 21.9 Å². The first-order chi connectivity index (χ1) is 9.23. The van der Waals surface area contributed by atoms with E-state index in [-0.39, 0.29) is 35.5 Å². The minimum absolute atomic E-state index is 0.0300. The average Bonchev–Trinajstić information content (AvgIpc) is 2.90. The lowest BCUT2D eigenvalue weighted by molar-refractivity contribution is 0.285. The summed E-state index contributed by atoms with van der Waals surface area (Å²) in [5.41, 5.74) is 0. The highest BCUT2D eigenvalue weighted by Crippen LogP contribution is 2.31. The van der Waals surface area contributed by atoms with E-state index in [1.54, 1.807) is 0 Å². The van der Waals surface area contributed by atoms with Crippen molar-refractivity contribution in [3.8, 4) is 0 Å². The standard InChI is InChI=1S/C10H14BrNO5S3/c11-10-9(3-8(5-13)18-10)20(16,17)12-4-7-1-2-19(14,15)6-7/h3,7,12-13H,1-2,4-6H2. The van der Waals surface area contributed by atoms with Crippen LogP contribution in [0.25, 0.3) is 0 Å². The molecule has 1 saturated heterocycles. The summed E-state index contributed by atoms with van der Waals surface area (Å²) in [5, 5.41) is 9.01. The van der Waals surface area contributed by atoms with Crippen LogP contribution in [0.5, 0.6) is 0 Å². The third kappa shape index (κ3) is 3.80. The van der Waals surface area contributed by atoms with Crippen LogP contribution in [0.2, 0.25) is 0 Å². The Hall–Kier alpha value is -0.000000000000000222. The minimum atomic E-state index is -3.70. The van der Waals surface area contributed by atoms with Crippen molar-refractivity contribution < 1.29 is 21.9 Å². The molecule has 1 aromatic rings. The number of hydrogen-bond acceptors (Lipinski definition) is 6. The van der Waals surface area contributed by atoms with Crippen molar-refractivity contribution in [2.24, 2.45) is 5.92 Å². The lowest BCUT2D eigenvalue weighted by atomic mass is 10.1. The second-order valence-corrected chi connectivity index (χ2v) is 11.0. The molecular formula is C10H14BrNO5S3. The fourth-order valence-corrected chi connectivity index (χ4v) is 7.52. The third-order valence-corrected chi connectivity index (χ3v) is 8.54. The van der Waals surface area contributed by atoms with Gasteiger partial charge < -0.3 is 5.11 Å². The van der Waals surface area contributed by atoms with Gasteiger partial charge in [0.2, 0.25) is 10.0 Å². The molecule has 2 rings (SSSR count). The summed E-state index contributed by atoms with van der Waals surface area (Å²) in [5.74, 6) is -0.0252. The van der Waals surface area contributed by atoms with E-state index < -0.39 is 19.9 Å². The zero-order valence-electron chi connectivity index (χ0n) is 10.4. The first-order valence-corrected chi connectivity index (χ1v) is 10.7. The maximum absolute atomic E-state index is 12.1. The fraction of sp³-hybridized carbons (Fsp3) is 0.600. The van der Waals surface area contributed by atoms with Crippen LogP contribution >= 0.6 is 27.3 Å². The summed E-state index contributed by atoms with van der Waals surface area (Å²) in [6.07, 6.45) is 0.484. The first kappa shape index (κ1) is 16.4. The van der Waals surface area contributed by atoms with E-state index in [4.69, 9.17) is 5.11 Å². The molecule has 0 saturated carbocycles. The van der Waals surface area contributed by atoms with Crippen LogP contribution in [0.1, 0.15) is 11.3 Å². The molecule has 20 heavy (non-hydrogen) atoms. The first-order valence-electron chi connectivity index (χ1n) is 5.82. The van der Waals surface area contributed by atoms with Crippen molar-refractivity contribution in [1.82, 2.24) is 4.72 Å². The van der Waals surface area contributed by atoms with Crippen molar-refractivity contribution >= 4 is 47.1 Å². The number of hydrogen-bond donors (Lipinski definition) is 2. The maximum atomic E-state index is 12.1. The van der Waals surface area contributed by atoms with Gasteiger partial charge in [-0.3, -0.25) is 0 Å². The molecule has 0 aromatic carbocycles. The molecule has 6 nitrogen and oxygen atoms in total. The van der Waals surface area contributed by atoms with Gasteiger partial charge in [0.25, 0.3) is 0 Å². The Labute approximate surface area is 130 Å². The number of rotatable bonds is 5. The van der Waals surface area contributed by atoms with Crippen LogP contribution in [0, 0.1) is 5.92 Å². The van der Waals surface area contributed by atoms with Crippen molar-refractivity contribution in [3.05, 3.63) is 14.7 Å². The summed E-state index contributed by atoms with van der Waals surface area (Å²) in [6, 6.07) is 1.41. The average molecular weight is 404 g/mol. The SMILES string of the molecule is O=S1(=O)CCC(CNS(=O)(=O)c2cc(CO)sc2Br)C1. The van der Waals surface area contributed by atoms with Crippen LogP contribution in [0.4, 0.5) is 0 Å². The number of aliphatic hydroxyl groups is 1. The molecule has 0 aliphatic carbocycles. The topological polar surface area (TPSA) is 101 Å². The van der Waals surface area contributed by atoms with Gasteiger partial charge in [0, 0.05) is 11.4 Å². The Morgan fingerprint density at radius 1 is 1.50 bits per heavy atom. The van der Waals surface area contributed by atoms with Gasteiger partial charge in [-0.25, -0.2) is 21.6 Å². The molecule has 0 bridgehead atoms. The van der Waals surface area contributed by atoms with Gasteiger partial charge in [-0.2, -0.15) is 0 Å². The molecule has 1 unspecified atom stereocenters. The number of sulfone groups is 1. The van der Waals surface area contributed by atoms with E-state index in [0.29, 0.717) is 15.1 Å². The number of aliphatic hydroxyl groups excluding tert-OH is 1. The number of thiophene rings is 1. The maximum Gasteiger partial charge on any atom is 0.242 e. The van der Waals surface area contributed by atoms with Crippen molar-refractivity contribution in [1.29, 1.82) is 0 Å². The van der Waals surface area contributed by atoms with Crippen LogP contribution in [-0.4, -0.2) is 40.0 Å². The summed E-state index contributed by atoms with van der Waals surface area (Å²) < 4.78 is 49.8. The zero-order valence-corrected chi connectivity index (χ0v) is 14.4. The molecule has 10 heteroatoms. The van der Waals surface area contributed by atoms with Crippen molar-refractivity contribution in [2.75, 3.05) is 18.1 Å². The molecular weight excluding hydrogens is 390 g/mol. The predicted molar refractivity (Wildman–Crippen MR) is 79.9 cm³/mol. The predicted octanol–water partition coefficient (Wildman–Crippen LogP) is 0.716. The summed E-state index contributed by atoms with van der Waals surface area (Å²) in [7, 11) is -6.71. The third-order valence-electron chi connectivity index (χ3n) is 3.04. The van der Waals surface area contributed by atoms with E-state index in [9.17, 15) is 16.8 Å². The Morgan fingerprint density at radius 3 is 2.70 bits per heavy atom. The van der Waals surface area contributed by atoms with Crippen LogP contribution in [0.15, 0.2) is 14.7 Å². The summed E-state index contributed by atoms with van der Waals surface area (Å²) >= 11 is 4.31. The van der Waals surface area contributed by atoms with Gasteiger partial charge in [-0.1, -0.05) is 0 Å². The molecule has 1 aliphatic heterocycles. The van der Waals surface area contributed by atoms with E-state index in [1.165, 1.54) is 6.07 Å². The van der Waals surface area contributed by atoms with E-state index >= 15 is 0 Å². The van der Waals surface area contributed by atoms with Crippen LogP contribution in [-0.2, 0) is 26.5 Å². The highest BCUT2D eigenvalue weighted by atomic mass is 79.9. The number of halogens is 1. The molecule has 2 N–H and O–H groups in total. The zero-order chi connectivity index (χ0) is 15.0. The number of sulfonamides is 1. The van der Waals surface area contributed by atoms with Gasteiger partial charge in [-0.05, 0) is 34.3 Å². The van der Waals surface area contributed by atoms with Gasteiger partial charge in [0.1, 0.15) is 4.90 Å². The largest absolute Gasteiger partial charge is 0.391 e. The molecule has 2 heterocycles. The van der Waals surface area contributed by atoms with Gasteiger partial charge in [-0.15, -0.1) is 11.3 Å². The molecule has 1 fully saturated rings. The Bertz CT molecular complexity index is 694. The lowest BCUT2D eigenvalue weighted by Crippen LogP contribution is -2.29. The second-order valence-electron chi connectivity index (χ2n) is 4.63. The normalized spacial score (nSPS) is 22.2. The molecule has 1 aromatic heterocycles. The minimum Gasteiger partial charge on any atom is -0.391 e. The summed E-state index contributed by atoms with van der Waals surface area (Å²) in [6.45, 7) is -0.113. The molecule has 114 valence electrons.